The summed E-state index contributed by atoms with van der Waals surface area (Å²) in [5.41, 5.74) is 4.68. The zero-order chi connectivity index (χ0) is 14.8. The van der Waals surface area contributed by atoms with E-state index in [1.807, 2.05) is 42.5 Å². The standard InChI is InChI=1S/C18H17N3O/c1-2-4-14(5-3-1)22-15-8-6-13(7-9-15)18-16-12-19-11-10-17(16)20-21-18/h1-9,19H,10-12H2,(H,20,21). The molecule has 0 aliphatic carbocycles. The third-order valence-electron chi connectivity index (χ3n) is 3.91. The number of ether oxygens (including phenoxy) is 1. The first-order chi connectivity index (χ1) is 10.9. The number of hydrogen-bond acceptors (Lipinski definition) is 3. The third-order valence-corrected chi connectivity index (χ3v) is 3.91. The molecule has 1 aliphatic heterocycles. The van der Waals surface area contributed by atoms with Crippen molar-refractivity contribution >= 4 is 0 Å². The van der Waals surface area contributed by atoms with Gasteiger partial charge in [0.05, 0.1) is 5.69 Å². The maximum Gasteiger partial charge on any atom is 0.127 e. The predicted molar refractivity (Wildman–Crippen MR) is 86.0 cm³/mol. The van der Waals surface area contributed by atoms with E-state index in [0.29, 0.717) is 0 Å². The van der Waals surface area contributed by atoms with Gasteiger partial charge in [-0.05, 0) is 36.4 Å². The minimum absolute atomic E-state index is 0.831. The highest BCUT2D eigenvalue weighted by molar-refractivity contribution is 5.65. The summed E-state index contributed by atoms with van der Waals surface area (Å²) in [5.74, 6) is 1.68. The average Bonchev–Trinajstić information content (AvgIpc) is 3.01. The molecule has 0 unspecified atom stereocenters. The molecule has 0 spiro atoms. The molecule has 0 amide bonds. The Balaban J connectivity index is 1.58. The summed E-state index contributed by atoms with van der Waals surface area (Å²) in [7, 11) is 0. The summed E-state index contributed by atoms with van der Waals surface area (Å²) >= 11 is 0. The average molecular weight is 291 g/mol. The van der Waals surface area contributed by atoms with Crippen LogP contribution in [-0.2, 0) is 13.0 Å². The maximum absolute atomic E-state index is 5.82. The second-order valence-electron chi connectivity index (χ2n) is 5.40. The summed E-state index contributed by atoms with van der Waals surface area (Å²) in [5, 5.41) is 11.0. The predicted octanol–water partition coefficient (Wildman–Crippen LogP) is 3.51. The zero-order valence-corrected chi connectivity index (χ0v) is 12.2. The molecule has 0 atom stereocenters. The van der Waals surface area contributed by atoms with Crippen molar-refractivity contribution < 1.29 is 4.74 Å². The van der Waals surface area contributed by atoms with E-state index in [0.717, 1.165) is 42.3 Å². The monoisotopic (exact) mass is 291 g/mol. The fourth-order valence-corrected chi connectivity index (χ4v) is 2.77. The van der Waals surface area contributed by atoms with Gasteiger partial charge < -0.3 is 10.1 Å². The molecular formula is C18H17N3O. The topological polar surface area (TPSA) is 49.9 Å². The molecule has 4 rings (SSSR count). The summed E-state index contributed by atoms with van der Waals surface area (Å²) in [6.45, 7) is 1.89. The lowest BCUT2D eigenvalue weighted by Gasteiger charge is -2.13. The smallest absolute Gasteiger partial charge is 0.127 e. The van der Waals surface area contributed by atoms with Crippen LogP contribution in [0.2, 0.25) is 0 Å². The first kappa shape index (κ1) is 13.1. The normalized spacial score (nSPS) is 13.6. The highest BCUT2D eigenvalue weighted by atomic mass is 16.5. The second kappa shape index (κ2) is 5.66. The SMILES string of the molecule is c1ccc(Oc2ccc(-c3n[nH]c4c3CNCC4)cc2)cc1. The van der Waals surface area contributed by atoms with E-state index in [2.05, 4.69) is 27.6 Å². The number of hydrogen-bond donors (Lipinski definition) is 2. The van der Waals surface area contributed by atoms with Crippen molar-refractivity contribution in [3.8, 4) is 22.8 Å². The number of benzene rings is 2. The van der Waals surface area contributed by atoms with Crippen LogP contribution in [0.25, 0.3) is 11.3 Å². The van der Waals surface area contributed by atoms with Gasteiger partial charge in [0.15, 0.2) is 0 Å². The van der Waals surface area contributed by atoms with Crippen molar-refractivity contribution in [2.75, 3.05) is 6.54 Å². The number of aromatic nitrogens is 2. The number of rotatable bonds is 3. The van der Waals surface area contributed by atoms with Crippen LogP contribution in [0.15, 0.2) is 54.6 Å². The number of fused-ring (bicyclic) bond motifs is 1. The minimum atomic E-state index is 0.831. The van der Waals surface area contributed by atoms with Crippen LogP contribution in [0.5, 0.6) is 11.5 Å². The van der Waals surface area contributed by atoms with Gasteiger partial charge >= 0.3 is 0 Å². The van der Waals surface area contributed by atoms with E-state index in [4.69, 9.17) is 4.74 Å². The Bertz CT molecular complexity index is 763. The van der Waals surface area contributed by atoms with Crippen molar-refractivity contribution in [2.45, 2.75) is 13.0 Å². The molecule has 22 heavy (non-hydrogen) atoms. The molecule has 3 aromatic rings. The van der Waals surface area contributed by atoms with E-state index < -0.39 is 0 Å². The maximum atomic E-state index is 5.82. The third kappa shape index (κ3) is 2.49. The molecule has 110 valence electrons. The van der Waals surface area contributed by atoms with Gasteiger partial charge in [-0.25, -0.2) is 0 Å². The zero-order valence-electron chi connectivity index (χ0n) is 12.2. The molecule has 0 saturated heterocycles. The first-order valence-electron chi connectivity index (χ1n) is 7.50. The van der Waals surface area contributed by atoms with Crippen molar-refractivity contribution in [3.63, 3.8) is 0 Å². The van der Waals surface area contributed by atoms with Gasteiger partial charge in [0.25, 0.3) is 0 Å². The van der Waals surface area contributed by atoms with Gasteiger partial charge in [-0.2, -0.15) is 5.10 Å². The van der Waals surface area contributed by atoms with Gasteiger partial charge in [-0.15, -0.1) is 0 Å². The summed E-state index contributed by atoms with van der Waals surface area (Å²) in [4.78, 5) is 0. The van der Waals surface area contributed by atoms with Crippen LogP contribution in [-0.4, -0.2) is 16.7 Å². The quantitative estimate of drug-likeness (QED) is 0.776. The molecule has 2 N–H and O–H groups in total. The number of nitrogens with one attached hydrogen (secondary N) is 2. The molecule has 0 fully saturated rings. The number of nitrogens with zero attached hydrogens (tertiary/aromatic N) is 1. The molecule has 1 aromatic heterocycles. The van der Waals surface area contributed by atoms with E-state index in [-0.39, 0.29) is 0 Å². The van der Waals surface area contributed by atoms with Crippen LogP contribution < -0.4 is 10.1 Å². The van der Waals surface area contributed by atoms with Gasteiger partial charge in [0, 0.05) is 36.3 Å². The van der Waals surface area contributed by atoms with Crippen molar-refractivity contribution in [1.82, 2.24) is 15.5 Å². The lowest BCUT2D eigenvalue weighted by atomic mass is 10.0. The second-order valence-corrected chi connectivity index (χ2v) is 5.40. The van der Waals surface area contributed by atoms with E-state index in [1.165, 1.54) is 11.3 Å². The fraction of sp³-hybridized carbons (Fsp3) is 0.167. The Labute approximate surface area is 129 Å². The number of aromatic amines is 1. The van der Waals surface area contributed by atoms with E-state index in [9.17, 15) is 0 Å². The molecule has 2 heterocycles. The summed E-state index contributed by atoms with van der Waals surface area (Å²) in [6, 6.07) is 17.9. The summed E-state index contributed by atoms with van der Waals surface area (Å²) < 4.78 is 5.82. The fourth-order valence-electron chi connectivity index (χ4n) is 2.77. The lowest BCUT2D eigenvalue weighted by Crippen LogP contribution is -2.23. The Kier molecular flexibility index (Phi) is 3.37. The molecule has 0 radical (unpaired) electrons. The van der Waals surface area contributed by atoms with Crippen molar-refractivity contribution in [2.24, 2.45) is 0 Å². The van der Waals surface area contributed by atoms with E-state index >= 15 is 0 Å². The Morgan fingerprint density at radius 1 is 0.909 bits per heavy atom. The van der Waals surface area contributed by atoms with Crippen molar-refractivity contribution in [3.05, 3.63) is 65.9 Å². The molecule has 0 saturated carbocycles. The van der Waals surface area contributed by atoms with Gasteiger partial charge in [0.2, 0.25) is 0 Å². The van der Waals surface area contributed by atoms with Crippen LogP contribution in [0.3, 0.4) is 0 Å². The molecule has 4 heteroatoms. The van der Waals surface area contributed by atoms with Crippen molar-refractivity contribution in [1.29, 1.82) is 0 Å². The van der Waals surface area contributed by atoms with Gasteiger partial charge in [0.1, 0.15) is 11.5 Å². The van der Waals surface area contributed by atoms with Crippen LogP contribution in [0.1, 0.15) is 11.3 Å². The van der Waals surface area contributed by atoms with Crippen LogP contribution in [0, 0.1) is 0 Å². The highest BCUT2D eigenvalue weighted by Crippen LogP contribution is 2.28. The number of H-pyrrole nitrogens is 1. The molecular weight excluding hydrogens is 274 g/mol. The molecule has 1 aliphatic rings. The molecule has 0 bridgehead atoms. The first-order valence-corrected chi connectivity index (χ1v) is 7.50. The van der Waals surface area contributed by atoms with Gasteiger partial charge in [-0.3, -0.25) is 5.10 Å². The Hall–Kier alpha value is -2.59. The van der Waals surface area contributed by atoms with Crippen LogP contribution >= 0.6 is 0 Å². The largest absolute Gasteiger partial charge is 0.457 e. The summed E-state index contributed by atoms with van der Waals surface area (Å²) in [6.07, 6.45) is 1.01. The minimum Gasteiger partial charge on any atom is -0.457 e. The Morgan fingerprint density at radius 3 is 2.50 bits per heavy atom. The van der Waals surface area contributed by atoms with Crippen LogP contribution in [0.4, 0.5) is 0 Å². The lowest BCUT2D eigenvalue weighted by molar-refractivity contribution is 0.483. The van der Waals surface area contributed by atoms with E-state index in [1.54, 1.807) is 0 Å². The van der Waals surface area contributed by atoms with Gasteiger partial charge in [-0.1, -0.05) is 18.2 Å². The highest BCUT2D eigenvalue weighted by Gasteiger charge is 2.17. The number of para-hydroxylation sites is 1. The molecule has 2 aromatic carbocycles. The molecule has 4 nitrogen and oxygen atoms in total. The Morgan fingerprint density at radius 2 is 1.68 bits per heavy atom.